The fourth-order valence-corrected chi connectivity index (χ4v) is 4.99. The zero-order chi connectivity index (χ0) is 27.5. The minimum Gasteiger partial charge on any atom is -0.480 e. The molecule has 0 bridgehead atoms. The summed E-state index contributed by atoms with van der Waals surface area (Å²) in [5.74, 6) is -1.04. The van der Waals surface area contributed by atoms with Crippen LogP contribution in [0.3, 0.4) is 0 Å². The minimum atomic E-state index is -1.04. The Balaban J connectivity index is 1.54. The summed E-state index contributed by atoms with van der Waals surface area (Å²) in [5.41, 5.74) is 0.591. The van der Waals surface area contributed by atoms with Crippen LogP contribution in [0.2, 0.25) is 5.02 Å². The van der Waals surface area contributed by atoms with Crippen LogP contribution in [0.15, 0.2) is 47.4 Å². The molecule has 1 amide bonds. The fraction of sp³-hybridized carbons (Fsp3) is 0.462. The highest BCUT2D eigenvalue weighted by molar-refractivity contribution is 6.30. The van der Waals surface area contributed by atoms with Crippen molar-refractivity contribution in [1.29, 1.82) is 0 Å². The number of alkyl carbamates (subject to hydrolysis) is 1. The van der Waals surface area contributed by atoms with E-state index >= 15 is 0 Å². The van der Waals surface area contributed by atoms with Crippen LogP contribution in [0.25, 0.3) is 11.4 Å². The second-order valence-electron chi connectivity index (χ2n) is 10.6. The molecule has 2 aromatic heterocycles. The number of amides is 1. The van der Waals surface area contributed by atoms with Crippen LogP contribution in [0.4, 0.5) is 4.79 Å². The standard InChI is InChI=1S/C26H31ClN6O5/c1-25(2,3)38-24(37)28-16-26(17-5-4-6-18(27)13-17)11-9-19(10-12-26)33-22(34)8-7-20(30-33)21-14-32(31-29-21)15-23(35)36/h4-8,13-14,19H,9-12,15-16H2,1-3H3,(H,28,37)(H,35,36). The lowest BCUT2D eigenvalue weighted by Gasteiger charge is -2.41. The second kappa shape index (κ2) is 10.9. The summed E-state index contributed by atoms with van der Waals surface area (Å²) in [5, 5.41) is 24.9. The molecule has 0 radical (unpaired) electrons. The SMILES string of the molecule is CC(C)(C)OC(=O)NCC1(c2cccc(Cl)c2)CCC(n2nc(-c3cn(CC(=O)O)nn3)ccc2=O)CC1. The molecule has 0 unspecified atom stereocenters. The maximum Gasteiger partial charge on any atom is 0.407 e. The topological polar surface area (TPSA) is 141 Å². The van der Waals surface area contributed by atoms with E-state index in [-0.39, 0.29) is 23.6 Å². The summed E-state index contributed by atoms with van der Waals surface area (Å²) >= 11 is 6.31. The van der Waals surface area contributed by atoms with Gasteiger partial charge in [0.1, 0.15) is 23.5 Å². The predicted octanol–water partition coefficient (Wildman–Crippen LogP) is 3.82. The Labute approximate surface area is 224 Å². The van der Waals surface area contributed by atoms with Crippen molar-refractivity contribution >= 4 is 23.7 Å². The Hall–Kier alpha value is -3.73. The monoisotopic (exact) mass is 542 g/mol. The predicted molar refractivity (Wildman–Crippen MR) is 140 cm³/mol. The number of aromatic nitrogens is 5. The van der Waals surface area contributed by atoms with Crippen molar-refractivity contribution in [3.8, 4) is 11.4 Å². The molecule has 4 rings (SSSR count). The average molecular weight is 543 g/mol. The minimum absolute atomic E-state index is 0.162. The molecule has 2 heterocycles. The number of carboxylic acid groups (broad SMARTS) is 1. The summed E-state index contributed by atoms with van der Waals surface area (Å²) in [6.45, 7) is 5.49. The zero-order valence-electron chi connectivity index (χ0n) is 21.6. The fourth-order valence-electron chi connectivity index (χ4n) is 4.80. The van der Waals surface area contributed by atoms with E-state index in [1.54, 1.807) is 6.07 Å². The van der Waals surface area contributed by atoms with Gasteiger partial charge in [-0.05, 0) is 70.2 Å². The van der Waals surface area contributed by atoms with Gasteiger partial charge in [0, 0.05) is 23.0 Å². The van der Waals surface area contributed by atoms with E-state index in [2.05, 4.69) is 20.7 Å². The maximum atomic E-state index is 12.8. The maximum absolute atomic E-state index is 12.8. The number of hydrogen-bond donors (Lipinski definition) is 2. The number of benzene rings is 1. The molecule has 0 saturated heterocycles. The summed E-state index contributed by atoms with van der Waals surface area (Å²) in [7, 11) is 0. The van der Waals surface area contributed by atoms with Gasteiger partial charge in [0.05, 0.1) is 12.2 Å². The van der Waals surface area contributed by atoms with Crippen LogP contribution in [0.1, 0.15) is 58.1 Å². The van der Waals surface area contributed by atoms with Crippen LogP contribution in [0, 0.1) is 0 Å². The zero-order valence-corrected chi connectivity index (χ0v) is 22.3. The molecule has 0 atom stereocenters. The van der Waals surface area contributed by atoms with Crippen molar-refractivity contribution in [2.24, 2.45) is 0 Å². The number of aliphatic carboxylic acids is 1. The average Bonchev–Trinajstić information content (AvgIpc) is 3.30. The Morgan fingerprint density at radius 2 is 1.92 bits per heavy atom. The van der Waals surface area contributed by atoms with E-state index in [0.29, 0.717) is 48.6 Å². The van der Waals surface area contributed by atoms with Crippen LogP contribution in [-0.4, -0.2) is 54.1 Å². The smallest absolute Gasteiger partial charge is 0.407 e. The highest BCUT2D eigenvalue weighted by Gasteiger charge is 2.39. The quantitative estimate of drug-likeness (QED) is 0.459. The first-order valence-corrected chi connectivity index (χ1v) is 12.8. The normalized spacial score (nSPS) is 19.6. The summed E-state index contributed by atoms with van der Waals surface area (Å²) < 4.78 is 8.11. The molecule has 1 aliphatic carbocycles. The first-order chi connectivity index (χ1) is 17.9. The molecule has 12 heteroatoms. The van der Waals surface area contributed by atoms with Gasteiger partial charge < -0.3 is 15.2 Å². The van der Waals surface area contributed by atoms with Crippen molar-refractivity contribution in [2.45, 2.75) is 70.1 Å². The van der Waals surface area contributed by atoms with Crippen molar-refractivity contribution in [3.63, 3.8) is 0 Å². The van der Waals surface area contributed by atoms with Gasteiger partial charge in [-0.3, -0.25) is 9.59 Å². The number of carboxylic acids is 1. The molecule has 2 N–H and O–H groups in total. The van der Waals surface area contributed by atoms with E-state index in [9.17, 15) is 14.4 Å². The van der Waals surface area contributed by atoms with E-state index in [4.69, 9.17) is 21.4 Å². The molecule has 0 aliphatic heterocycles. The van der Waals surface area contributed by atoms with Crippen LogP contribution in [-0.2, 0) is 21.5 Å². The van der Waals surface area contributed by atoms with Gasteiger partial charge in [0.15, 0.2) is 0 Å². The molecular formula is C26H31ClN6O5. The molecule has 0 spiro atoms. The van der Waals surface area contributed by atoms with Crippen molar-refractivity contribution in [2.75, 3.05) is 6.54 Å². The number of ether oxygens (including phenoxy) is 1. The van der Waals surface area contributed by atoms with Gasteiger partial charge in [0.2, 0.25) is 0 Å². The van der Waals surface area contributed by atoms with E-state index in [1.165, 1.54) is 21.6 Å². The molecule has 1 aromatic carbocycles. The largest absolute Gasteiger partial charge is 0.480 e. The molecule has 11 nitrogen and oxygen atoms in total. The molecule has 1 fully saturated rings. The first kappa shape index (κ1) is 27.3. The number of carbonyl (C=O) groups is 2. The third kappa shape index (κ3) is 6.58. The molecule has 38 heavy (non-hydrogen) atoms. The number of carbonyl (C=O) groups excluding carboxylic acids is 1. The van der Waals surface area contributed by atoms with E-state index in [0.717, 1.165) is 5.56 Å². The molecular weight excluding hydrogens is 512 g/mol. The highest BCUT2D eigenvalue weighted by atomic mass is 35.5. The second-order valence-corrected chi connectivity index (χ2v) is 11.0. The van der Waals surface area contributed by atoms with Crippen LogP contribution < -0.4 is 10.9 Å². The number of nitrogens with zero attached hydrogens (tertiary/aromatic N) is 5. The number of rotatable bonds is 7. The van der Waals surface area contributed by atoms with Gasteiger partial charge in [-0.1, -0.05) is 28.9 Å². The number of hydrogen-bond acceptors (Lipinski definition) is 7. The number of halogens is 1. The van der Waals surface area contributed by atoms with E-state index in [1.807, 2.05) is 45.0 Å². The number of nitrogens with one attached hydrogen (secondary N) is 1. The lowest BCUT2D eigenvalue weighted by Crippen LogP contribution is -2.45. The van der Waals surface area contributed by atoms with Crippen molar-refractivity contribution in [1.82, 2.24) is 30.1 Å². The Morgan fingerprint density at radius 3 is 2.58 bits per heavy atom. The Morgan fingerprint density at radius 1 is 1.18 bits per heavy atom. The third-order valence-corrected chi connectivity index (χ3v) is 6.82. The van der Waals surface area contributed by atoms with Gasteiger partial charge in [-0.15, -0.1) is 5.10 Å². The lowest BCUT2D eigenvalue weighted by atomic mass is 9.68. The lowest BCUT2D eigenvalue weighted by molar-refractivity contribution is -0.137. The summed E-state index contributed by atoms with van der Waals surface area (Å²) in [6, 6.07) is 10.5. The first-order valence-electron chi connectivity index (χ1n) is 12.4. The van der Waals surface area contributed by atoms with Gasteiger partial charge in [0.25, 0.3) is 5.56 Å². The molecule has 3 aromatic rings. The summed E-state index contributed by atoms with van der Waals surface area (Å²) in [6.07, 6.45) is 3.65. The van der Waals surface area contributed by atoms with Gasteiger partial charge >= 0.3 is 12.1 Å². The highest BCUT2D eigenvalue weighted by Crippen LogP contribution is 2.43. The molecule has 1 saturated carbocycles. The Bertz CT molecular complexity index is 1370. The Kier molecular flexibility index (Phi) is 7.86. The third-order valence-electron chi connectivity index (χ3n) is 6.59. The van der Waals surface area contributed by atoms with Gasteiger partial charge in [-0.2, -0.15) is 5.10 Å². The van der Waals surface area contributed by atoms with E-state index < -0.39 is 17.7 Å². The van der Waals surface area contributed by atoms with Crippen molar-refractivity contribution in [3.05, 3.63) is 63.5 Å². The van der Waals surface area contributed by atoms with Crippen LogP contribution in [0.5, 0.6) is 0 Å². The van der Waals surface area contributed by atoms with Crippen molar-refractivity contribution < 1.29 is 19.4 Å². The van der Waals surface area contributed by atoms with Crippen LogP contribution >= 0.6 is 11.6 Å². The van der Waals surface area contributed by atoms with Gasteiger partial charge in [-0.25, -0.2) is 14.2 Å². The summed E-state index contributed by atoms with van der Waals surface area (Å²) in [4.78, 5) is 36.2. The molecule has 202 valence electrons. The molecule has 1 aliphatic rings.